The van der Waals surface area contributed by atoms with E-state index in [1.807, 2.05) is 0 Å². The number of primary amides is 1. The highest BCUT2D eigenvalue weighted by Crippen LogP contribution is 2.30. The molecule has 0 radical (unpaired) electrons. The molecule has 4 nitrogen and oxygen atoms in total. The molecule has 0 bridgehead atoms. The van der Waals surface area contributed by atoms with Crippen LogP contribution in [0.3, 0.4) is 0 Å². The maximum atomic E-state index is 12.4. The molecule has 0 saturated carbocycles. The Balaban J connectivity index is 3.35. The van der Waals surface area contributed by atoms with Gasteiger partial charge in [-0.15, -0.1) is 0 Å². The van der Waals surface area contributed by atoms with Crippen LogP contribution in [0, 0.1) is 0 Å². The first kappa shape index (κ1) is 11.8. The van der Waals surface area contributed by atoms with Gasteiger partial charge in [-0.2, -0.15) is 0 Å². The Kier molecular flexibility index (Phi) is 3.57. The van der Waals surface area contributed by atoms with Crippen LogP contribution in [0.5, 0.6) is 5.75 Å². The quantitative estimate of drug-likeness (QED) is 0.860. The highest BCUT2D eigenvalue weighted by Gasteiger charge is 2.19. The molecule has 0 spiro atoms. The Morgan fingerprint density at radius 3 is 2.67 bits per heavy atom. The molecular weight excluding hydrogens is 274 g/mol. The number of carbonyl (C=O) groups is 1. The van der Waals surface area contributed by atoms with Crippen molar-refractivity contribution in [2.45, 2.75) is 6.43 Å². The molecule has 0 aliphatic heterocycles. The van der Waals surface area contributed by atoms with Gasteiger partial charge >= 0.3 is 0 Å². The second-order valence-electron chi connectivity index (χ2n) is 2.58. The van der Waals surface area contributed by atoms with Gasteiger partial charge in [0.1, 0.15) is 4.60 Å². The van der Waals surface area contributed by atoms with E-state index in [9.17, 15) is 13.6 Å². The molecule has 1 heterocycles. The van der Waals surface area contributed by atoms with E-state index in [-0.39, 0.29) is 21.6 Å². The third kappa shape index (κ3) is 2.41. The van der Waals surface area contributed by atoms with Crippen LogP contribution in [-0.2, 0) is 0 Å². The van der Waals surface area contributed by atoms with E-state index in [0.717, 1.165) is 6.07 Å². The van der Waals surface area contributed by atoms with Gasteiger partial charge in [-0.1, -0.05) is 0 Å². The van der Waals surface area contributed by atoms with Crippen LogP contribution in [0.2, 0.25) is 0 Å². The van der Waals surface area contributed by atoms with E-state index in [1.54, 1.807) is 0 Å². The van der Waals surface area contributed by atoms with Crippen molar-refractivity contribution in [3.05, 3.63) is 21.9 Å². The molecule has 0 fully saturated rings. The first-order valence-electron chi connectivity index (χ1n) is 3.79. The molecule has 1 aromatic heterocycles. The summed E-state index contributed by atoms with van der Waals surface area (Å²) in [4.78, 5) is 14.5. The van der Waals surface area contributed by atoms with Gasteiger partial charge in [0, 0.05) is 0 Å². The minimum Gasteiger partial charge on any atom is -0.494 e. The lowest BCUT2D eigenvalue weighted by Crippen LogP contribution is -2.15. The Bertz CT molecular complexity index is 398. The predicted octanol–water partition coefficient (Wildman–Crippen LogP) is 1.89. The van der Waals surface area contributed by atoms with E-state index in [4.69, 9.17) is 10.5 Å². The zero-order chi connectivity index (χ0) is 11.6. The molecule has 1 aromatic rings. The topological polar surface area (TPSA) is 65.2 Å². The number of nitrogens with zero attached hydrogens (tertiary/aromatic N) is 1. The average molecular weight is 281 g/mol. The number of methoxy groups -OCH3 is 1. The summed E-state index contributed by atoms with van der Waals surface area (Å²) in [6.07, 6.45) is -2.71. The first-order chi connectivity index (χ1) is 6.97. The van der Waals surface area contributed by atoms with Crippen LogP contribution in [0.4, 0.5) is 8.78 Å². The van der Waals surface area contributed by atoms with Crippen LogP contribution in [0.25, 0.3) is 0 Å². The van der Waals surface area contributed by atoms with E-state index in [1.165, 1.54) is 7.11 Å². The van der Waals surface area contributed by atoms with Gasteiger partial charge in [-0.3, -0.25) is 4.79 Å². The van der Waals surface area contributed by atoms with E-state index in [2.05, 4.69) is 20.9 Å². The molecule has 82 valence electrons. The van der Waals surface area contributed by atoms with E-state index >= 15 is 0 Å². The Labute approximate surface area is 92.6 Å². The number of amides is 1. The molecule has 1 amide bonds. The Hall–Kier alpha value is -1.24. The van der Waals surface area contributed by atoms with Crippen LogP contribution in [0.1, 0.15) is 22.5 Å². The summed E-state index contributed by atoms with van der Waals surface area (Å²) < 4.78 is 29.5. The van der Waals surface area contributed by atoms with Crippen molar-refractivity contribution < 1.29 is 18.3 Å². The van der Waals surface area contributed by atoms with Gasteiger partial charge in [0.15, 0.2) is 11.4 Å². The number of ether oxygens (including phenoxy) is 1. The van der Waals surface area contributed by atoms with Crippen molar-refractivity contribution in [3.63, 3.8) is 0 Å². The maximum absolute atomic E-state index is 12.4. The molecule has 0 aliphatic rings. The lowest BCUT2D eigenvalue weighted by Gasteiger charge is -2.08. The molecule has 0 unspecified atom stereocenters. The largest absolute Gasteiger partial charge is 0.494 e. The summed E-state index contributed by atoms with van der Waals surface area (Å²) in [6.45, 7) is 0. The van der Waals surface area contributed by atoms with Crippen LogP contribution >= 0.6 is 15.9 Å². The minimum atomic E-state index is -2.71. The second kappa shape index (κ2) is 4.52. The van der Waals surface area contributed by atoms with Crippen LogP contribution in [-0.4, -0.2) is 18.0 Å². The van der Waals surface area contributed by atoms with Gasteiger partial charge in [-0.05, 0) is 22.0 Å². The molecule has 7 heteroatoms. The standard InChI is InChI=1S/C8H7BrF2N2O2/c1-15-4-2-3(7(10)11)6(9)13-5(4)8(12)14/h2,7H,1H3,(H2,12,14). The highest BCUT2D eigenvalue weighted by atomic mass is 79.9. The number of pyridine rings is 1. The number of aromatic nitrogens is 1. The molecule has 2 N–H and O–H groups in total. The lowest BCUT2D eigenvalue weighted by molar-refractivity contribution is 0.0991. The zero-order valence-corrected chi connectivity index (χ0v) is 9.22. The van der Waals surface area contributed by atoms with Crippen LogP contribution < -0.4 is 10.5 Å². The number of hydrogen-bond donors (Lipinski definition) is 1. The van der Waals surface area contributed by atoms with E-state index < -0.39 is 12.3 Å². The van der Waals surface area contributed by atoms with Gasteiger partial charge in [0.2, 0.25) is 0 Å². The second-order valence-corrected chi connectivity index (χ2v) is 3.34. The normalized spacial score (nSPS) is 10.5. The number of carbonyl (C=O) groups excluding carboxylic acids is 1. The number of rotatable bonds is 3. The van der Waals surface area contributed by atoms with Crippen molar-refractivity contribution in [1.82, 2.24) is 4.98 Å². The van der Waals surface area contributed by atoms with Crippen molar-refractivity contribution in [2.75, 3.05) is 7.11 Å². The number of hydrogen-bond acceptors (Lipinski definition) is 3. The summed E-state index contributed by atoms with van der Waals surface area (Å²) in [5.74, 6) is -0.908. The average Bonchev–Trinajstić information content (AvgIpc) is 2.16. The lowest BCUT2D eigenvalue weighted by atomic mass is 10.2. The van der Waals surface area contributed by atoms with E-state index in [0.29, 0.717) is 0 Å². The third-order valence-corrected chi connectivity index (χ3v) is 2.29. The van der Waals surface area contributed by atoms with Gasteiger partial charge in [0.25, 0.3) is 12.3 Å². The van der Waals surface area contributed by atoms with Gasteiger partial charge < -0.3 is 10.5 Å². The fourth-order valence-electron chi connectivity index (χ4n) is 0.972. The predicted molar refractivity (Wildman–Crippen MR) is 52.0 cm³/mol. The first-order valence-corrected chi connectivity index (χ1v) is 4.59. The van der Waals surface area contributed by atoms with Gasteiger partial charge in [0.05, 0.1) is 12.7 Å². The molecular formula is C8H7BrF2N2O2. The molecule has 0 aromatic carbocycles. The summed E-state index contributed by atoms with van der Waals surface area (Å²) in [6, 6.07) is 1.03. The Morgan fingerprint density at radius 1 is 1.67 bits per heavy atom. The maximum Gasteiger partial charge on any atom is 0.271 e. The summed E-state index contributed by atoms with van der Waals surface area (Å²) in [7, 11) is 1.24. The number of halogens is 3. The molecule has 1 rings (SSSR count). The van der Waals surface area contributed by atoms with Crippen molar-refractivity contribution in [1.29, 1.82) is 0 Å². The van der Waals surface area contributed by atoms with Crippen molar-refractivity contribution in [2.24, 2.45) is 5.73 Å². The summed E-state index contributed by atoms with van der Waals surface area (Å²) in [5, 5.41) is 0. The van der Waals surface area contributed by atoms with Crippen LogP contribution in [0.15, 0.2) is 10.7 Å². The fraction of sp³-hybridized carbons (Fsp3) is 0.250. The SMILES string of the molecule is COc1cc(C(F)F)c(Br)nc1C(N)=O. The summed E-state index contributed by atoms with van der Waals surface area (Å²) >= 11 is 2.82. The molecule has 0 atom stereocenters. The zero-order valence-electron chi connectivity index (χ0n) is 7.63. The summed E-state index contributed by atoms with van der Waals surface area (Å²) in [5.41, 5.74) is 4.46. The molecule has 0 saturated heterocycles. The molecule has 15 heavy (non-hydrogen) atoms. The van der Waals surface area contributed by atoms with Gasteiger partial charge in [-0.25, -0.2) is 13.8 Å². The minimum absolute atomic E-state index is 0.0685. The monoisotopic (exact) mass is 280 g/mol. The van der Waals surface area contributed by atoms with Crippen molar-refractivity contribution in [3.8, 4) is 5.75 Å². The molecule has 0 aliphatic carbocycles. The third-order valence-electron chi connectivity index (χ3n) is 1.66. The highest BCUT2D eigenvalue weighted by molar-refractivity contribution is 9.10. The van der Waals surface area contributed by atoms with Crippen molar-refractivity contribution >= 4 is 21.8 Å². The fourth-order valence-corrected chi connectivity index (χ4v) is 1.44. The smallest absolute Gasteiger partial charge is 0.271 e. The Morgan fingerprint density at radius 2 is 2.27 bits per heavy atom. The number of alkyl halides is 2. The number of nitrogens with two attached hydrogens (primary N) is 1.